The van der Waals surface area contributed by atoms with Crippen LogP contribution in [-0.2, 0) is 21.4 Å². The fraction of sp³-hybridized carbons (Fsp3) is 0.417. The van der Waals surface area contributed by atoms with Gasteiger partial charge in [0, 0.05) is 38.8 Å². The van der Waals surface area contributed by atoms with Crippen molar-refractivity contribution in [1.29, 1.82) is 0 Å². The fourth-order valence-electron chi connectivity index (χ4n) is 4.74. The summed E-state index contributed by atoms with van der Waals surface area (Å²) in [4.78, 5) is 30.2. The molecule has 2 heterocycles. The summed E-state index contributed by atoms with van der Waals surface area (Å²) in [6.07, 6.45) is 2.51. The molecule has 0 saturated carbocycles. The number of amides is 2. The predicted molar refractivity (Wildman–Crippen MR) is 115 cm³/mol. The van der Waals surface area contributed by atoms with E-state index in [4.69, 9.17) is 0 Å². The molecule has 1 atom stereocenters. The summed E-state index contributed by atoms with van der Waals surface area (Å²) in [5.74, 6) is 0.244. The van der Waals surface area contributed by atoms with Crippen LogP contribution in [0.5, 0.6) is 0 Å². The van der Waals surface area contributed by atoms with Crippen molar-refractivity contribution >= 4 is 17.5 Å². The molecule has 5 heteroatoms. The Bertz CT molecular complexity index is 875. The number of benzene rings is 2. The van der Waals surface area contributed by atoms with Crippen LogP contribution in [0.2, 0.25) is 0 Å². The Morgan fingerprint density at radius 2 is 1.79 bits per heavy atom. The lowest BCUT2D eigenvalue weighted by molar-refractivity contribution is -0.131. The summed E-state index contributed by atoms with van der Waals surface area (Å²) < 4.78 is 0. The van der Waals surface area contributed by atoms with Crippen LogP contribution in [0.4, 0.5) is 5.69 Å². The van der Waals surface area contributed by atoms with Crippen LogP contribution >= 0.6 is 0 Å². The van der Waals surface area contributed by atoms with E-state index in [1.54, 1.807) is 4.90 Å². The normalized spacial score (nSPS) is 21.8. The van der Waals surface area contributed by atoms with Gasteiger partial charge in [0.25, 0.3) is 0 Å². The van der Waals surface area contributed by atoms with Gasteiger partial charge in [-0.2, -0.15) is 0 Å². The van der Waals surface area contributed by atoms with Crippen molar-refractivity contribution in [3.8, 4) is 0 Å². The molecule has 2 aliphatic rings. The summed E-state index contributed by atoms with van der Waals surface area (Å²) >= 11 is 0. The summed E-state index contributed by atoms with van der Waals surface area (Å²) in [5.41, 5.74) is 2.44. The molecule has 2 aromatic carbocycles. The number of likely N-dealkylation sites (N-methyl/N-ethyl adjacent to an activating group) is 1. The molecule has 0 radical (unpaired) electrons. The first-order valence-corrected chi connectivity index (χ1v) is 10.5. The average molecular weight is 392 g/mol. The first-order valence-electron chi connectivity index (χ1n) is 10.5. The van der Waals surface area contributed by atoms with Gasteiger partial charge in [-0.1, -0.05) is 48.5 Å². The Kier molecular flexibility index (Phi) is 5.67. The topological polar surface area (TPSA) is 52.7 Å². The van der Waals surface area contributed by atoms with Crippen molar-refractivity contribution in [2.24, 2.45) is 0 Å². The third-order valence-corrected chi connectivity index (χ3v) is 6.30. The van der Waals surface area contributed by atoms with Crippen LogP contribution in [-0.4, -0.2) is 49.9 Å². The minimum Gasteiger partial charge on any atom is -0.341 e. The van der Waals surface area contributed by atoms with Crippen molar-refractivity contribution in [3.05, 3.63) is 65.7 Å². The van der Waals surface area contributed by atoms with Crippen LogP contribution < -0.4 is 10.2 Å². The Balaban J connectivity index is 1.63. The van der Waals surface area contributed by atoms with E-state index in [1.807, 2.05) is 48.3 Å². The van der Waals surface area contributed by atoms with Crippen LogP contribution in [0.25, 0.3) is 0 Å². The molecule has 2 aromatic rings. The van der Waals surface area contributed by atoms with E-state index in [1.165, 1.54) is 0 Å². The van der Waals surface area contributed by atoms with Crippen LogP contribution in [0.1, 0.15) is 30.4 Å². The Morgan fingerprint density at radius 3 is 2.62 bits per heavy atom. The van der Waals surface area contributed by atoms with E-state index < -0.39 is 5.41 Å². The van der Waals surface area contributed by atoms with E-state index in [0.29, 0.717) is 19.3 Å². The summed E-state index contributed by atoms with van der Waals surface area (Å²) in [7, 11) is 1.84. The SMILES string of the molecule is CN1C(=O)[C@](CCC(=O)N2CCCNCC2)(Cc2ccccc2)c2ccccc21. The summed E-state index contributed by atoms with van der Waals surface area (Å²) in [6, 6.07) is 18.2. The molecule has 1 fully saturated rings. The van der Waals surface area contributed by atoms with Gasteiger partial charge < -0.3 is 15.1 Å². The Hall–Kier alpha value is -2.66. The lowest BCUT2D eigenvalue weighted by atomic mass is 9.73. The van der Waals surface area contributed by atoms with Crippen LogP contribution in [0, 0.1) is 0 Å². The van der Waals surface area contributed by atoms with Gasteiger partial charge in [0.15, 0.2) is 0 Å². The maximum absolute atomic E-state index is 13.5. The van der Waals surface area contributed by atoms with Crippen LogP contribution in [0.3, 0.4) is 0 Å². The molecule has 5 nitrogen and oxygen atoms in total. The highest BCUT2D eigenvalue weighted by Gasteiger charge is 2.49. The molecule has 1 saturated heterocycles. The Morgan fingerprint density at radius 1 is 1.03 bits per heavy atom. The highest BCUT2D eigenvalue weighted by Crippen LogP contribution is 2.46. The van der Waals surface area contributed by atoms with Gasteiger partial charge in [-0.05, 0) is 43.0 Å². The van der Waals surface area contributed by atoms with E-state index in [9.17, 15) is 9.59 Å². The maximum Gasteiger partial charge on any atom is 0.237 e. The molecule has 0 aliphatic carbocycles. The number of nitrogens with zero attached hydrogens (tertiary/aromatic N) is 2. The first-order chi connectivity index (χ1) is 14.1. The van der Waals surface area contributed by atoms with Crippen molar-refractivity contribution in [3.63, 3.8) is 0 Å². The molecule has 0 aromatic heterocycles. The molecule has 2 aliphatic heterocycles. The largest absolute Gasteiger partial charge is 0.341 e. The van der Waals surface area contributed by atoms with Crippen molar-refractivity contribution in [1.82, 2.24) is 10.2 Å². The van der Waals surface area contributed by atoms with Gasteiger partial charge in [0.2, 0.25) is 11.8 Å². The van der Waals surface area contributed by atoms with E-state index in [-0.39, 0.29) is 11.8 Å². The number of carbonyl (C=O) groups is 2. The second-order valence-corrected chi connectivity index (χ2v) is 8.11. The molecule has 152 valence electrons. The number of fused-ring (bicyclic) bond motifs is 1. The number of nitrogens with one attached hydrogen (secondary N) is 1. The van der Waals surface area contributed by atoms with Crippen molar-refractivity contribution in [2.75, 3.05) is 38.1 Å². The predicted octanol–water partition coefficient (Wildman–Crippen LogP) is 2.75. The molecule has 0 bridgehead atoms. The van der Waals surface area contributed by atoms with E-state index >= 15 is 0 Å². The monoisotopic (exact) mass is 391 g/mol. The number of para-hydroxylation sites is 1. The molecule has 4 rings (SSSR count). The number of anilines is 1. The van der Waals surface area contributed by atoms with Gasteiger partial charge >= 0.3 is 0 Å². The third-order valence-electron chi connectivity index (χ3n) is 6.30. The zero-order chi connectivity index (χ0) is 20.3. The molecule has 0 spiro atoms. The number of rotatable bonds is 5. The molecule has 0 unspecified atom stereocenters. The molecule has 1 N–H and O–H groups in total. The molecular formula is C24H29N3O2. The fourth-order valence-corrected chi connectivity index (χ4v) is 4.74. The second-order valence-electron chi connectivity index (χ2n) is 8.11. The maximum atomic E-state index is 13.5. The zero-order valence-corrected chi connectivity index (χ0v) is 17.1. The summed E-state index contributed by atoms with van der Waals surface area (Å²) in [6.45, 7) is 3.33. The van der Waals surface area contributed by atoms with Gasteiger partial charge in [-0.25, -0.2) is 0 Å². The van der Waals surface area contributed by atoms with Crippen LogP contribution in [0.15, 0.2) is 54.6 Å². The van der Waals surface area contributed by atoms with Gasteiger partial charge in [-0.3, -0.25) is 9.59 Å². The molecular weight excluding hydrogens is 362 g/mol. The lowest BCUT2D eigenvalue weighted by Gasteiger charge is -2.30. The Labute approximate surface area is 172 Å². The average Bonchev–Trinajstić information content (AvgIpc) is 2.96. The number of hydrogen-bond donors (Lipinski definition) is 1. The van der Waals surface area contributed by atoms with E-state index in [2.05, 4.69) is 23.5 Å². The van der Waals surface area contributed by atoms with Gasteiger partial charge in [0.1, 0.15) is 0 Å². The van der Waals surface area contributed by atoms with Crippen molar-refractivity contribution in [2.45, 2.75) is 31.1 Å². The molecule has 29 heavy (non-hydrogen) atoms. The minimum absolute atomic E-state index is 0.0906. The van der Waals surface area contributed by atoms with Crippen molar-refractivity contribution < 1.29 is 9.59 Å². The highest BCUT2D eigenvalue weighted by atomic mass is 16.2. The summed E-state index contributed by atoms with van der Waals surface area (Å²) in [5, 5.41) is 3.34. The quantitative estimate of drug-likeness (QED) is 0.853. The third kappa shape index (κ3) is 3.79. The second kappa shape index (κ2) is 8.37. The minimum atomic E-state index is -0.688. The van der Waals surface area contributed by atoms with E-state index in [0.717, 1.165) is 49.4 Å². The highest BCUT2D eigenvalue weighted by molar-refractivity contribution is 6.08. The first kappa shape index (κ1) is 19.6. The van der Waals surface area contributed by atoms with Gasteiger partial charge in [-0.15, -0.1) is 0 Å². The standard InChI is InChI=1S/C24H29N3O2/c1-26-21-11-6-5-10-20(21)24(23(26)29,18-19-8-3-2-4-9-19)13-12-22(28)27-16-7-14-25-15-17-27/h2-6,8-11,25H,7,12-18H2,1H3/t24-/m1/s1. The van der Waals surface area contributed by atoms with Gasteiger partial charge in [0.05, 0.1) is 5.41 Å². The number of carbonyl (C=O) groups excluding carboxylic acids is 2. The smallest absolute Gasteiger partial charge is 0.237 e. The zero-order valence-electron chi connectivity index (χ0n) is 17.1. The number of hydrogen-bond acceptors (Lipinski definition) is 3. The molecule has 2 amide bonds. The lowest BCUT2D eigenvalue weighted by Crippen LogP contribution is -2.42.